The molecule has 6 nitrogen and oxygen atoms in total. The van der Waals surface area contributed by atoms with E-state index < -0.39 is 0 Å². The second kappa shape index (κ2) is 6.96. The van der Waals surface area contributed by atoms with Crippen molar-refractivity contribution in [2.45, 2.75) is 27.2 Å². The van der Waals surface area contributed by atoms with Gasteiger partial charge in [0, 0.05) is 31.9 Å². The third-order valence-electron chi connectivity index (χ3n) is 4.39. The van der Waals surface area contributed by atoms with Crippen LogP contribution in [0.3, 0.4) is 0 Å². The third-order valence-corrected chi connectivity index (χ3v) is 4.39. The summed E-state index contributed by atoms with van der Waals surface area (Å²) in [4.78, 5) is 32.0. The van der Waals surface area contributed by atoms with Crippen LogP contribution in [0, 0.1) is 6.92 Å². The molecule has 1 saturated heterocycles. The molecular formula is C16H25N3O3. The number of H-pyrrole nitrogens is 1. The molecule has 1 aliphatic heterocycles. The zero-order valence-corrected chi connectivity index (χ0v) is 13.9. The molecule has 0 atom stereocenters. The number of methoxy groups -OCH3 is 1. The number of amides is 1. The van der Waals surface area contributed by atoms with Crippen LogP contribution in [0.5, 0.6) is 0 Å². The number of hydrogen-bond acceptors (Lipinski definition) is 4. The fourth-order valence-corrected chi connectivity index (χ4v) is 2.94. The molecule has 1 aliphatic rings. The molecule has 1 aromatic heterocycles. The van der Waals surface area contributed by atoms with Crippen LogP contribution in [0.1, 0.15) is 46.0 Å². The van der Waals surface area contributed by atoms with Crippen LogP contribution >= 0.6 is 0 Å². The molecule has 0 aromatic carbocycles. The number of carbonyl (C=O) groups excluding carboxylic acids is 2. The fourth-order valence-electron chi connectivity index (χ4n) is 2.94. The maximum atomic E-state index is 12.7. The zero-order chi connectivity index (χ0) is 16.3. The first-order valence-electron chi connectivity index (χ1n) is 7.84. The number of esters is 1. The Morgan fingerprint density at radius 2 is 1.82 bits per heavy atom. The lowest BCUT2D eigenvalue weighted by Gasteiger charge is -2.33. The minimum Gasteiger partial charge on any atom is -0.465 e. The van der Waals surface area contributed by atoms with Gasteiger partial charge in [-0.1, -0.05) is 13.8 Å². The second-order valence-corrected chi connectivity index (χ2v) is 5.55. The van der Waals surface area contributed by atoms with Gasteiger partial charge >= 0.3 is 5.97 Å². The van der Waals surface area contributed by atoms with E-state index in [2.05, 4.69) is 16.8 Å². The predicted octanol–water partition coefficient (Wildman–Crippen LogP) is 1.45. The number of likely N-dealkylation sites (N-methyl/N-ethyl adjacent to an activating group) is 1. The summed E-state index contributed by atoms with van der Waals surface area (Å²) in [5.74, 6) is -0.418. The van der Waals surface area contributed by atoms with E-state index in [4.69, 9.17) is 4.74 Å². The van der Waals surface area contributed by atoms with E-state index in [0.29, 0.717) is 23.2 Å². The van der Waals surface area contributed by atoms with Gasteiger partial charge in [-0.05, 0) is 25.5 Å². The molecule has 122 valence electrons. The average molecular weight is 307 g/mol. The lowest BCUT2D eigenvalue weighted by Crippen LogP contribution is -2.48. The Labute approximate surface area is 131 Å². The molecule has 22 heavy (non-hydrogen) atoms. The molecule has 0 spiro atoms. The Hall–Kier alpha value is -1.82. The van der Waals surface area contributed by atoms with Crippen LogP contribution in [-0.4, -0.2) is 66.5 Å². The highest BCUT2D eigenvalue weighted by atomic mass is 16.5. The average Bonchev–Trinajstić information content (AvgIpc) is 2.90. The van der Waals surface area contributed by atoms with Crippen molar-refractivity contribution < 1.29 is 14.3 Å². The fraction of sp³-hybridized carbons (Fsp3) is 0.625. The Kier molecular flexibility index (Phi) is 5.24. The maximum absolute atomic E-state index is 12.7. The molecule has 1 fully saturated rings. The van der Waals surface area contributed by atoms with Gasteiger partial charge in [-0.25, -0.2) is 4.79 Å². The van der Waals surface area contributed by atoms with Gasteiger partial charge in [0.1, 0.15) is 5.69 Å². The summed E-state index contributed by atoms with van der Waals surface area (Å²) in [6.07, 6.45) is 0.655. The lowest BCUT2D eigenvalue weighted by molar-refractivity contribution is 0.0599. The van der Waals surface area contributed by atoms with Crippen molar-refractivity contribution in [3.63, 3.8) is 0 Å². The molecule has 1 N–H and O–H groups in total. The van der Waals surface area contributed by atoms with Crippen molar-refractivity contribution in [3.05, 3.63) is 22.5 Å². The predicted molar refractivity (Wildman–Crippen MR) is 84.3 cm³/mol. The number of carbonyl (C=O) groups is 2. The highest BCUT2D eigenvalue weighted by molar-refractivity contribution is 6.00. The summed E-state index contributed by atoms with van der Waals surface area (Å²) in [7, 11) is 1.36. The molecule has 0 aliphatic carbocycles. The Balaban J connectivity index is 2.24. The summed E-state index contributed by atoms with van der Waals surface area (Å²) in [6, 6.07) is 0. The molecule has 2 rings (SSSR count). The van der Waals surface area contributed by atoms with Crippen molar-refractivity contribution in [2.24, 2.45) is 0 Å². The topological polar surface area (TPSA) is 65.6 Å². The van der Waals surface area contributed by atoms with Gasteiger partial charge in [0.2, 0.25) is 0 Å². The number of ether oxygens (including phenoxy) is 1. The van der Waals surface area contributed by atoms with Crippen molar-refractivity contribution in [1.29, 1.82) is 0 Å². The molecule has 1 aromatic rings. The number of hydrogen-bond donors (Lipinski definition) is 1. The molecule has 0 radical (unpaired) electrons. The van der Waals surface area contributed by atoms with Crippen LogP contribution in [0.15, 0.2) is 0 Å². The summed E-state index contributed by atoms with van der Waals surface area (Å²) < 4.78 is 4.84. The molecule has 2 heterocycles. The molecule has 6 heteroatoms. The van der Waals surface area contributed by atoms with Gasteiger partial charge in [-0.3, -0.25) is 4.79 Å². The van der Waals surface area contributed by atoms with Gasteiger partial charge in [-0.2, -0.15) is 0 Å². The largest absolute Gasteiger partial charge is 0.465 e. The van der Waals surface area contributed by atoms with Crippen LogP contribution < -0.4 is 0 Å². The van der Waals surface area contributed by atoms with Crippen molar-refractivity contribution in [1.82, 2.24) is 14.8 Å². The van der Waals surface area contributed by atoms with Gasteiger partial charge in [0.05, 0.1) is 12.7 Å². The number of nitrogens with zero attached hydrogens (tertiary/aromatic N) is 2. The number of nitrogens with one attached hydrogen (secondary N) is 1. The van der Waals surface area contributed by atoms with E-state index >= 15 is 0 Å². The monoisotopic (exact) mass is 307 g/mol. The van der Waals surface area contributed by atoms with Gasteiger partial charge in [0.15, 0.2) is 0 Å². The van der Waals surface area contributed by atoms with Crippen molar-refractivity contribution >= 4 is 11.9 Å². The third kappa shape index (κ3) is 3.02. The van der Waals surface area contributed by atoms with Gasteiger partial charge in [0.25, 0.3) is 5.91 Å². The van der Waals surface area contributed by atoms with E-state index in [1.54, 1.807) is 6.92 Å². The summed E-state index contributed by atoms with van der Waals surface area (Å²) >= 11 is 0. The molecular weight excluding hydrogens is 282 g/mol. The second-order valence-electron chi connectivity index (χ2n) is 5.55. The highest BCUT2D eigenvalue weighted by Gasteiger charge is 2.28. The minimum absolute atomic E-state index is 0.0295. The summed E-state index contributed by atoms with van der Waals surface area (Å²) in [5, 5.41) is 0. The molecule has 0 unspecified atom stereocenters. The normalized spacial score (nSPS) is 15.9. The van der Waals surface area contributed by atoms with Gasteiger partial charge < -0.3 is 19.5 Å². The van der Waals surface area contributed by atoms with Crippen LogP contribution in [0.25, 0.3) is 0 Å². The first-order chi connectivity index (χ1) is 10.5. The number of aryl methyl sites for hydroxylation is 1. The Bertz CT molecular complexity index is 557. The Morgan fingerprint density at radius 3 is 2.32 bits per heavy atom. The van der Waals surface area contributed by atoms with E-state index in [1.165, 1.54) is 7.11 Å². The standard InChI is InChI=1S/C16H25N3O3/c1-5-12-13(16(21)22-4)11(3)14(17-12)15(20)19-9-7-18(6-2)8-10-19/h17H,5-10H2,1-4H3. The summed E-state index contributed by atoms with van der Waals surface area (Å²) in [5.41, 5.74) is 2.47. The van der Waals surface area contributed by atoms with E-state index in [0.717, 1.165) is 38.4 Å². The number of aromatic amines is 1. The maximum Gasteiger partial charge on any atom is 0.339 e. The molecule has 0 bridgehead atoms. The highest BCUT2D eigenvalue weighted by Crippen LogP contribution is 2.22. The van der Waals surface area contributed by atoms with Crippen LogP contribution in [0.2, 0.25) is 0 Å². The van der Waals surface area contributed by atoms with Crippen LogP contribution in [0.4, 0.5) is 0 Å². The van der Waals surface area contributed by atoms with Crippen molar-refractivity contribution in [3.8, 4) is 0 Å². The zero-order valence-electron chi connectivity index (χ0n) is 13.9. The number of rotatable bonds is 4. The van der Waals surface area contributed by atoms with Crippen LogP contribution in [-0.2, 0) is 11.2 Å². The van der Waals surface area contributed by atoms with E-state index in [9.17, 15) is 9.59 Å². The first-order valence-corrected chi connectivity index (χ1v) is 7.84. The van der Waals surface area contributed by atoms with E-state index in [-0.39, 0.29) is 11.9 Å². The molecule has 1 amide bonds. The molecule has 0 saturated carbocycles. The van der Waals surface area contributed by atoms with Crippen molar-refractivity contribution in [2.75, 3.05) is 39.8 Å². The smallest absolute Gasteiger partial charge is 0.339 e. The Morgan fingerprint density at radius 1 is 1.18 bits per heavy atom. The van der Waals surface area contributed by atoms with Gasteiger partial charge in [-0.15, -0.1) is 0 Å². The minimum atomic E-state index is -0.388. The SMILES string of the molecule is CCc1[nH]c(C(=O)N2CCN(CC)CC2)c(C)c1C(=O)OC. The summed E-state index contributed by atoms with van der Waals surface area (Å²) in [6.45, 7) is 10.1. The first kappa shape index (κ1) is 16.5. The van der Waals surface area contributed by atoms with E-state index in [1.807, 2.05) is 11.8 Å². The number of piperazine rings is 1. The lowest BCUT2D eigenvalue weighted by atomic mass is 10.1. The quantitative estimate of drug-likeness (QED) is 0.855. The number of aromatic nitrogens is 1.